The van der Waals surface area contributed by atoms with Crippen LogP contribution in [-0.2, 0) is 4.74 Å². The van der Waals surface area contributed by atoms with Gasteiger partial charge in [-0.25, -0.2) is 8.78 Å². The molecule has 0 amide bonds. The van der Waals surface area contributed by atoms with Crippen molar-refractivity contribution in [1.82, 2.24) is 0 Å². The maximum atomic E-state index is 13.6. The van der Waals surface area contributed by atoms with Crippen molar-refractivity contribution in [3.05, 3.63) is 23.8 Å². The number of nitrogen functional groups attached to an aromatic ring is 1. The van der Waals surface area contributed by atoms with Gasteiger partial charge in [-0.2, -0.15) is 5.26 Å². The van der Waals surface area contributed by atoms with Crippen LogP contribution < -0.4 is 10.6 Å². The van der Waals surface area contributed by atoms with Gasteiger partial charge in [-0.3, -0.25) is 0 Å². The Kier molecular flexibility index (Phi) is 3.11. The molecule has 90 valence electrons. The van der Waals surface area contributed by atoms with E-state index in [-0.39, 0.29) is 24.5 Å². The zero-order chi connectivity index (χ0) is 12.4. The Morgan fingerprint density at radius 2 is 2.06 bits per heavy atom. The molecule has 4 nitrogen and oxygen atoms in total. The highest BCUT2D eigenvalue weighted by Crippen LogP contribution is 2.27. The van der Waals surface area contributed by atoms with E-state index in [1.54, 1.807) is 0 Å². The minimum Gasteiger partial charge on any atom is -0.399 e. The highest BCUT2D eigenvalue weighted by molar-refractivity contribution is 5.56. The van der Waals surface area contributed by atoms with E-state index in [1.807, 2.05) is 6.07 Å². The number of rotatable bonds is 1. The van der Waals surface area contributed by atoms with Gasteiger partial charge in [-0.1, -0.05) is 0 Å². The average Bonchev–Trinajstić information content (AvgIpc) is 2.28. The zero-order valence-electron chi connectivity index (χ0n) is 8.99. The van der Waals surface area contributed by atoms with Crippen molar-refractivity contribution in [2.24, 2.45) is 0 Å². The summed E-state index contributed by atoms with van der Waals surface area (Å²) in [5, 5.41) is 8.73. The predicted molar refractivity (Wildman–Crippen MR) is 58.3 cm³/mol. The third-order valence-electron chi connectivity index (χ3n) is 2.57. The molecule has 0 spiro atoms. The molecule has 1 aliphatic heterocycles. The van der Waals surface area contributed by atoms with Crippen LogP contribution in [0.3, 0.4) is 0 Å². The normalized spacial score (nSPS) is 20.1. The minimum atomic E-state index is -0.721. The second-order valence-corrected chi connectivity index (χ2v) is 3.77. The molecule has 0 aliphatic carbocycles. The van der Waals surface area contributed by atoms with E-state index in [0.29, 0.717) is 6.54 Å². The largest absolute Gasteiger partial charge is 0.399 e. The minimum absolute atomic E-state index is 0.0360. The molecule has 0 bridgehead atoms. The summed E-state index contributed by atoms with van der Waals surface area (Å²) in [6.45, 7) is 0.756. The number of morpholine rings is 1. The second kappa shape index (κ2) is 4.55. The Bertz CT molecular complexity index is 449. The molecule has 6 heteroatoms. The molecular weight excluding hydrogens is 228 g/mol. The third-order valence-corrected chi connectivity index (χ3v) is 2.57. The van der Waals surface area contributed by atoms with Crippen LogP contribution in [0.2, 0.25) is 0 Å². The summed E-state index contributed by atoms with van der Waals surface area (Å²) in [5.74, 6) is -1.44. The highest BCUT2D eigenvalue weighted by Gasteiger charge is 2.25. The molecule has 2 rings (SSSR count). The lowest BCUT2D eigenvalue weighted by atomic mass is 10.2. The monoisotopic (exact) mass is 239 g/mol. The lowest BCUT2D eigenvalue weighted by molar-refractivity contribution is 0.0759. The molecule has 0 saturated carbocycles. The molecule has 1 fully saturated rings. The fourth-order valence-corrected chi connectivity index (χ4v) is 1.82. The topological polar surface area (TPSA) is 62.3 Å². The van der Waals surface area contributed by atoms with Gasteiger partial charge < -0.3 is 15.4 Å². The second-order valence-electron chi connectivity index (χ2n) is 3.77. The molecule has 0 aromatic heterocycles. The van der Waals surface area contributed by atoms with Crippen LogP contribution in [0.1, 0.15) is 0 Å². The van der Waals surface area contributed by atoms with Gasteiger partial charge >= 0.3 is 0 Å². The number of nitrogens with two attached hydrogens (primary N) is 1. The van der Waals surface area contributed by atoms with E-state index >= 15 is 0 Å². The number of hydrogen-bond donors (Lipinski definition) is 1. The predicted octanol–water partition coefficient (Wildman–Crippen LogP) is 1.28. The molecule has 1 atom stereocenters. The van der Waals surface area contributed by atoms with Gasteiger partial charge in [-0.15, -0.1) is 0 Å². The Balaban J connectivity index is 2.31. The summed E-state index contributed by atoms with van der Waals surface area (Å²) in [7, 11) is 0. The Labute approximate surface area is 97.2 Å². The number of halogens is 2. The van der Waals surface area contributed by atoms with Crippen molar-refractivity contribution < 1.29 is 13.5 Å². The molecule has 0 radical (unpaired) electrons. The zero-order valence-corrected chi connectivity index (χ0v) is 8.99. The summed E-state index contributed by atoms with van der Waals surface area (Å²) < 4.78 is 32.4. The SMILES string of the molecule is N#CC1CN(c2c(F)cc(N)cc2F)CCO1. The van der Waals surface area contributed by atoms with Crippen molar-refractivity contribution in [3.63, 3.8) is 0 Å². The number of nitriles is 1. The highest BCUT2D eigenvalue weighted by atomic mass is 19.1. The smallest absolute Gasteiger partial charge is 0.161 e. The number of ether oxygens (including phenoxy) is 1. The Hall–Kier alpha value is -1.87. The van der Waals surface area contributed by atoms with Crippen LogP contribution in [0.5, 0.6) is 0 Å². The van der Waals surface area contributed by atoms with Gasteiger partial charge in [0.05, 0.1) is 19.2 Å². The van der Waals surface area contributed by atoms with Crippen LogP contribution in [0.4, 0.5) is 20.2 Å². The molecule has 1 saturated heterocycles. The maximum Gasteiger partial charge on any atom is 0.161 e. The fraction of sp³-hybridized carbons (Fsp3) is 0.364. The molecule has 1 aromatic rings. The van der Waals surface area contributed by atoms with Gasteiger partial charge in [0.15, 0.2) is 17.7 Å². The van der Waals surface area contributed by atoms with Crippen molar-refractivity contribution in [2.45, 2.75) is 6.10 Å². The first-order chi connectivity index (χ1) is 8.11. The first-order valence-electron chi connectivity index (χ1n) is 5.12. The van der Waals surface area contributed by atoms with E-state index < -0.39 is 17.7 Å². The first kappa shape index (κ1) is 11.6. The average molecular weight is 239 g/mol. The van der Waals surface area contributed by atoms with E-state index in [9.17, 15) is 8.78 Å². The van der Waals surface area contributed by atoms with E-state index in [1.165, 1.54) is 4.90 Å². The lowest BCUT2D eigenvalue weighted by Gasteiger charge is -2.32. The molecule has 1 unspecified atom stereocenters. The molecule has 2 N–H and O–H groups in total. The number of anilines is 2. The van der Waals surface area contributed by atoms with Crippen molar-refractivity contribution in [3.8, 4) is 6.07 Å². The van der Waals surface area contributed by atoms with Crippen molar-refractivity contribution >= 4 is 11.4 Å². The molecule has 1 aliphatic rings. The van der Waals surface area contributed by atoms with Gasteiger partial charge in [-0.05, 0) is 12.1 Å². The maximum absolute atomic E-state index is 13.6. The first-order valence-corrected chi connectivity index (χ1v) is 5.12. The van der Waals surface area contributed by atoms with E-state index in [4.69, 9.17) is 15.7 Å². The van der Waals surface area contributed by atoms with Gasteiger partial charge in [0.2, 0.25) is 0 Å². The van der Waals surface area contributed by atoms with Crippen LogP contribution in [-0.4, -0.2) is 25.8 Å². The molecule has 1 heterocycles. The summed E-state index contributed by atoms with van der Waals surface area (Å²) in [5.41, 5.74) is 5.22. The van der Waals surface area contributed by atoms with E-state index in [2.05, 4.69) is 0 Å². The Morgan fingerprint density at radius 3 is 2.65 bits per heavy atom. The van der Waals surface area contributed by atoms with Gasteiger partial charge in [0.1, 0.15) is 5.69 Å². The summed E-state index contributed by atoms with van der Waals surface area (Å²) >= 11 is 0. The third kappa shape index (κ3) is 2.29. The van der Waals surface area contributed by atoms with E-state index in [0.717, 1.165) is 12.1 Å². The fourth-order valence-electron chi connectivity index (χ4n) is 1.82. The lowest BCUT2D eigenvalue weighted by Crippen LogP contribution is -2.42. The van der Waals surface area contributed by atoms with Crippen LogP contribution in [0.25, 0.3) is 0 Å². The number of nitrogens with zero attached hydrogens (tertiary/aromatic N) is 2. The summed E-state index contributed by atoms with van der Waals surface area (Å²) in [6, 6.07) is 4.05. The van der Waals surface area contributed by atoms with Crippen LogP contribution in [0, 0.1) is 23.0 Å². The molecular formula is C11H11F2N3O. The number of hydrogen-bond acceptors (Lipinski definition) is 4. The molecule has 17 heavy (non-hydrogen) atoms. The van der Waals surface area contributed by atoms with Crippen molar-refractivity contribution in [2.75, 3.05) is 30.3 Å². The van der Waals surface area contributed by atoms with Crippen LogP contribution >= 0.6 is 0 Å². The Morgan fingerprint density at radius 1 is 1.41 bits per heavy atom. The summed E-state index contributed by atoms with van der Waals surface area (Å²) in [6.07, 6.45) is -0.667. The number of benzene rings is 1. The standard InChI is InChI=1S/C11H11F2N3O/c12-9-3-7(15)4-10(13)11(9)16-1-2-17-8(5-14)6-16/h3-4,8H,1-2,6,15H2. The van der Waals surface area contributed by atoms with Crippen molar-refractivity contribution in [1.29, 1.82) is 5.26 Å². The van der Waals surface area contributed by atoms with Gasteiger partial charge in [0, 0.05) is 12.2 Å². The van der Waals surface area contributed by atoms with Crippen LogP contribution in [0.15, 0.2) is 12.1 Å². The quantitative estimate of drug-likeness (QED) is 0.750. The summed E-state index contributed by atoms with van der Waals surface area (Å²) in [4.78, 5) is 1.46. The van der Waals surface area contributed by atoms with Gasteiger partial charge in [0.25, 0.3) is 0 Å². The molecule has 1 aromatic carbocycles.